The van der Waals surface area contributed by atoms with Gasteiger partial charge in [0.1, 0.15) is 8.96 Å². The molecule has 0 aromatic rings. The molecule has 1 unspecified atom stereocenters. The second-order valence-electron chi connectivity index (χ2n) is 3.15. The largest absolute Gasteiger partial charge is 0.353 e. The predicted molar refractivity (Wildman–Crippen MR) is 36.9 cm³/mol. The van der Waals surface area contributed by atoms with E-state index in [2.05, 4.69) is 27.3 Å². The van der Waals surface area contributed by atoms with Crippen molar-refractivity contribution in [3.05, 3.63) is 0 Å². The van der Waals surface area contributed by atoms with E-state index in [0.717, 1.165) is 0 Å². The number of hydrogen-bond acceptors (Lipinski definition) is 1. The molecule has 44 valence electrons. The van der Waals surface area contributed by atoms with Gasteiger partial charge in [0.15, 0.2) is 0 Å². The zero-order chi connectivity index (χ0) is 6.08. The summed E-state index contributed by atoms with van der Waals surface area (Å²) < 4.78 is 0. The van der Waals surface area contributed by atoms with E-state index >= 15 is 0 Å². The summed E-state index contributed by atoms with van der Waals surface area (Å²) in [5, 5.41) is 6.12. The first kappa shape index (κ1) is 7.18. The van der Waals surface area contributed by atoms with Gasteiger partial charge in [-0.3, -0.25) is 0 Å². The van der Waals surface area contributed by atoms with Crippen molar-refractivity contribution in [1.82, 2.24) is 0 Å². The molecule has 0 aromatic carbocycles. The fraction of sp³-hybridized carbons (Fsp3) is 1.00. The van der Waals surface area contributed by atoms with Gasteiger partial charge in [0.05, 0.1) is 0 Å². The SMILES string of the molecule is C[SiH](N)C(C)(C)C. The molecule has 2 N–H and O–H groups in total. The Balaban J connectivity index is 3.54. The molecule has 7 heavy (non-hydrogen) atoms. The molecule has 0 fully saturated rings. The van der Waals surface area contributed by atoms with Crippen LogP contribution in [0, 0.1) is 0 Å². The van der Waals surface area contributed by atoms with Gasteiger partial charge in [0.2, 0.25) is 0 Å². The maximum atomic E-state index is 5.71. The quantitative estimate of drug-likeness (QED) is 0.472. The summed E-state index contributed by atoms with van der Waals surface area (Å²) in [5.41, 5.74) is 0. The third-order valence-electron chi connectivity index (χ3n) is 1.37. The van der Waals surface area contributed by atoms with E-state index in [0.29, 0.717) is 5.04 Å². The molecule has 0 aromatic heterocycles. The summed E-state index contributed by atoms with van der Waals surface area (Å²) >= 11 is 0. The highest BCUT2D eigenvalue weighted by atomic mass is 28.3. The topological polar surface area (TPSA) is 26.0 Å². The molecular weight excluding hydrogens is 102 g/mol. The van der Waals surface area contributed by atoms with Crippen molar-refractivity contribution in [1.29, 1.82) is 0 Å². The van der Waals surface area contributed by atoms with Crippen LogP contribution in [0.3, 0.4) is 0 Å². The van der Waals surface area contributed by atoms with Crippen LogP contribution in [0.5, 0.6) is 0 Å². The van der Waals surface area contributed by atoms with E-state index in [-0.39, 0.29) is 0 Å². The van der Waals surface area contributed by atoms with Gasteiger partial charge >= 0.3 is 0 Å². The number of hydrogen-bond donors (Lipinski definition) is 1. The van der Waals surface area contributed by atoms with Crippen LogP contribution in [-0.2, 0) is 0 Å². The third kappa shape index (κ3) is 2.82. The van der Waals surface area contributed by atoms with E-state index in [1.807, 2.05) is 0 Å². The molecule has 0 rings (SSSR count). The van der Waals surface area contributed by atoms with Gasteiger partial charge in [0, 0.05) is 0 Å². The van der Waals surface area contributed by atoms with E-state index < -0.39 is 8.96 Å². The van der Waals surface area contributed by atoms with E-state index in [1.165, 1.54) is 0 Å². The Kier molecular flexibility index (Phi) is 2.02. The lowest BCUT2D eigenvalue weighted by Crippen LogP contribution is -2.31. The molecule has 0 aliphatic heterocycles. The first-order chi connectivity index (χ1) is 2.94. The van der Waals surface area contributed by atoms with Gasteiger partial charge in [-0.05, 0) is 5.04 Å². The van der Waals surface area contributed by atoms with E-state index in [1.54, 1.807) is 0 Å². The van der Waals surface area contributed by atoms with Gasteiger partial charge in [-0.1, -0.05) is 27.3 Å². The number of rotatable bonds is 0. The molecule has 0 bridgehead atoms. The lowest BCUT2D eigenvalue weighted by Gasteiger charge is -2.20. The van der Waals surface area contributed by atoms with Crippen molar-refractivity contribution >= 4 is 8.96 Å². The van der Waals surface area contributed by atoms with E-state index in [4.69, 9.17) is 5.40 Å². The minimum Gasteiger partial charge on any atom is -0.353 e. The summed E-state index contributed by atoms with van der Waals surface area (Å²) in [7, 11) is -0.859. The lowest BCUT2D eigenvalue weighted by atomic mass is 10.3. The zero-order valence-electron chi connectivity index (χ0n) is 5.65. The molecule has 0 heterocycles. The first-order valence-electron chi connectivity index (χ1n) is 2.70. The minimum absolute atomic E-state index is 0.417. The summed E-state index contributed by atoms with van der Waals surface area (Å²) in [5.74, 6) is 0. The van der Waals surface area contributed by atoms with Crippen molar-refractivity contribution < 1.29 is 0 Å². The van der Waals surface area contributed by atoms with Crippen LogP contribution in [0.15, 0.2) is 0 Å². The van der Waals surface area contributed by atoms with Gasteiger partial charge in [-0.25, -0.2) is 0 Å². The summed E-state index contributed by atoms with van der Waals surface area (Å²) in [4.78, 5) is 0. The van der Waals surface area contributed by atoms with Crippen LogP contribution in [-0.4, -0.2) is 8.96 Å². The van der Waals surface area contributed by atoms with E-state index in [9.17, 15) is 0 Å². The Morgan fingerprint density at radius 2 is 1.43 bits per heavy atom. The molecule has 0 radical (unpaired) electrons. The average molecular weight is 117 g/mol. The minimum atomic E-state index is -0.859. The molecule has 0 amide bonds. The standard InChI is InChI=1S/C5H15NSi/c1-5(2,3)7(4)6/h7H,6H2,1-4H3. The zero-order valence-corrected chi connectivity index (χ0v) is 6.81. The lowest BCUT2D eigenvalue weighted by molar-refractivity contribution is 0.737. The molecule has 0 aliphatic carbocycles. The second kappa shape index (κ2) is 1.97. The predicted octanol–water partition coefficient (Wildman–Crippen LogP) is 1.10. The molecule has 0 saturated heterocycles. The summed E-state index contributed by atoms with van der Waals surface area (Å²) in [6, 6.07) is 0. The van der Waals surface area contributed by atoms with Gasteiger partial charge in [0.25, 0.3) is 0 Å². The number of nitrogens with two attached hydrogens (primary N) is 1. The van der Waals surface area contributed by atoms with Crippen molar-refractivity contribution in [3.63, 3.8) is 0 Å². The molecular formula is C5H15NSi. The van der Waals surface area contributed by atoms with Crippen molar-refractivity contribution in [3.8, 4) is 0 Å². The molecule has 0 saturated carbocycles. The normalized spacial score (nSPS) is 16.7. The van der Waals surface area contributed by atoms with Gasteiger partial charge in [-0.15, -0.1) is 0 Å². The first-order valence-corrected chi connectivity index (χ1v) is 5.10. The third-order valence-corrected chi connectivity index (χ3v) is 4.10. The summed E-state index contributed by atoms with van der Waals surface area (Å²) in [6.45, 7) is 8.76. The maximum Gasteiger partial charge on any atom is 0.108 e. The van der Waals surface area contributed by atoms with Crippen LogP contribution >= 0.6 is 0 Å². The van der Waals surface area contributed by atoms with Gasteiger partial charge in [-0.2, -0.15) is 0 Å². The van der Waals surface area contributed by atoms with Crippen molar-refractivity contribution in [2.24, 2.45) is 5.40 Å². The highest BCUT2D eigenvalue weighted by molar-refractivity contribution is 6.56. The highest BCUT2D eigenvalue weighted by Gasteiger charge is 2.16. The van der Waals surface area contributed by atoms with Gasteiger partial charge < -0.3 is 5.40 Å². The Bertz CT molecular complexity index is 53.6. The van der Waals surface area contributed by atoms with Crippen LogP contribution in [0.2, 0.25) is 11.6 Å². The van der Waals surface area contributed by atoms with Crippen LogP contribution in [0.1, 0.15) is 20.8 Å². The molecule has 2 heteroatoms. The monoisotopic (exact) mass is 117 g/mol. The maximum absolute atomic E-state index is 5.71. The van der Waals surface area contributed by atoms with Crippen molar-refractivity contribution in [2.75, 3.05) is 0 Å². The second-order valence-corrected chi connectivity index (χ2v) is 6.46. The fourth-order valence-corrected chi connectivity index (χ4v) is 0. The summed E-state index contributed by atoms with van der Waals surface area (Å²) in [6.07, 6.45) is 0. The molecule has 0 aliphatic rings. The Morgan fingerprint density at radius 1 is 1.29 bits per heavy atom. The average Bonchev–Trinajstić information content (AvgIpc) is 1.31. The highest BCUT2D eigenvalue weighted by Crippen LogP contribution is 2.22. The van der Waals surface area contributed by atoms with Crippen LogP contribution in [0.4, 0.5) is 0 Å². The Labute approximate surface area is 47.6 Å². The fourth-order valence-electron chi connectivity index (χ4n) is 0. The molecule has 0 spiro atoms. The van der Waals surface area contributed by atoms with Crippen LogP contribution in [0.25, 0.3) is 0 Å². The molecule has 1 nitrogen and oxygen atoms in total. The molecule has 1 atom stereocenters. The van der Waals surface area contributed by atoms with Crippen LogP contribution < -0.4 is 5.40 Å². The smallest absolute Gasteiger partial charge is 0.108 e. The van der Waals surface area contributed by atoms with Crippen molar-refractivity contribution in [2.45, 2.75) is 32.4 Å². The Hall–Kier alpha value is 0.177. The Morgan fingerprint density at radius 3 is 1.43 bits per heavy atom.